The van der Waals surface area contributed by atoms with Gasteiger partial charge < -0.3 is 25.5 Å². The van der Waals surface area contributed by atoms with Gasteiger partial charge in [-0.25, -0.2) is 9.78 Å². The summed E-state index contributed by atoms with van der Waals surface area (Å²) >= 11 is 0. The standard InChI is InChI=1S/C21H27N7O5/c1-4-28-15(9-12(2)26-28)19(30)25-20-24-14-10-13(18(22)29)11-16(33-3)17(14)27(20)8-6-5-7-23-21(31)32/h9-11,23H,4-8H2,1-3H3,(H2,22,29)(H,31,32)(H,24,25,30). The summed E-state index contributed by atoms with van der Waals surface area (Å²) in [4.78, 5) is 39.9. The van der Waals surface area contributed by atoms with E-state index in [2.05, 4.69) is 20.7 Å². The quantitative estimate of drug-likeness (QED) is 0.338. The maximum Gasteiger partial charge on any atom is 0.404 e. The summed E-state index contributed by atoms with van der Waals surface area (Å²) in [6, 6.07) is 4.75. The van der Waals surface area contributed by atoms with Crippen LogP contribution in [0.15, 0.2) is 18.2 Å². The van der Waals surface area contributed by atoms with Crippen molar-refractivity contribution in [1.82, 2.24) is 24.6 Å². The number of carbonyl (C=O) groups is 3. The van der Waals surface area contributed by atoms with Crippen LogP contribution in [0.2, 0.25) is 0 Å². The highest BCUT2D eigenvalue weighted by Crippen LogP contribution is 2.31. The van der Waals surface area contributed by atoms with Crippen molar-refractivity contribution in [2.24, 2.45) is 5.73 Å². The Morgan fingerprint density at radius 1 is 1.21 bits per heavy atom. The second-order valence-corrected chi connectivity index (χ2v) is 7.38. The first-order chi connectivity index (χ1) is 15.7. The Morgan fingerprint density at radius 2 is 1.97 bits per heavy atom. The number of aryl methyl sites for hydroxylation is 3. The van der Waals surface area contributed by atoms with E-state index in [0.717, 1.165) is 0 Å². The summed E-state index contributed by atoms with van der Waals surface area (Å²) < 4.78 is 8.85. The van der Waals surface area contributed by atoms with Crippen LogP contribution in [0, 0.1) is 6.92 Å². The first-order valence-electron chi connectivity index (χ1n) is 10.5. The van der Waals surface area contributed by atoms with Crippen molar-refractivity contribution in [2.45, 2.75) is 39.8 Å². The van der Waals surface area contributed by atoms with Crippen LogP contribution in [-0.4, -0.2) is 56.0 Å². The second-order valence-electron chi connectivity index (χ2n) is 7.38. The molecule has 12 heteroatoms. The molecule has 0 bridgehead atoms. The van der Waals surface area contributed by atoms with Crippen LogP contribution in [0.4, 0.5) is 10.7 Å². The number of hydrogen-bond acceptors (Lipinski definition) is 6. The van der Waals surface area contributed by atoms with E-state index in [4.69, 9.17) is 15.6 Å². The lowest BCUT2D eigenvalue weighted by Crippen LogP contribution is -2.22. The summed E-state index contributed by atoms with van der Waals surface area (Å²) in [5.74, 6) is -0.358. The van der Waals surface area contributed by atoms with Gasteiger partial charge >= 0.3 is 6.09 Å². The van der Waals surface area contributed by atoms with Gasteiger partial charge in [-0.2, -0.15) is 5.10 Å². The zero-order chi connectivity index (χ0) is 24.1. The van der Waals surface area contributed by atoms with E-state index in [0.29, 0.717) is 60.6 Å². The molecular formula is C21H27N7O5. The van der Waals surface area contributed by atoms with E-state index in [1.165, 1.54) is 13.2 Å². The monoisotopic (exact) mass is 457 g/mol. The number of aromatic nitrogens is 4. The molecule has 33 heavy (non-hydrogen) atoms. The van der Waals surface area contributed by atoms with Gasteiger partial charge in [-0.3, -0.25) is 19.6 Å². The molecule has 5 N–H and O–H groups in total. The van der Waals surface area contributed by atoms with Gasteiger partial charge in [0.2, 0.25) is 11.9 Å². The molecule has 0 aliphatic carbocycles. The van der Waals surface area contributed by atoms with Crippen LogP contribution in [0.3, 0.4) is 0 Å². The lowest BCUT2D eigenvalue weighted by atomic mass is 10.1. The van der Waals surface area contributed by atoms with Crippen molar-refractivity contribution >= 4 is 34.9 Å². The fourth-order valence-electron chi connectivity index (χ4n) is 3.57. The molecule has 0 fully saturated rings. The van der Waals surface area contributed by atoms with E-state index < -0.39 is 12.0 Å². The molecule has 3 rings (SSSR count). The molecule has 176 valence electrons. The molecule has 2 aromatic heterocycles. The summed E-state index contributed by atoms with van der Waals surface area (Å²) in [5.41, 5.74) is 7.80. The van der Waals surface area contributed by atoms with Gasteiger partial charge in [0.05, 0.1) is 18.3 Å². The minimum atomic E-state index is -1.08. The van der Waals surface area contributed by atoms with Crippen molar-refractivity contribution < 1.29 is 24.2 Å². The second kappa shape index (κ2) is 10.0. The van der Waals surface area contributed by atoms with E-state index in [-0.39, 0.29) is 17.4 Å². The Bertz CT molecular complexity index is 1200. The molecule has 12 nitrogen and oxygen atoms in total. The SMILES string of the molecule is CCn1nc(C)cc1C(=O)Nc1nc2cc(C(N)=O)cc(OC)c2n1CCCCNC(=O)O. The number of carboxylic acid groups (broad SMARTS) is 1. The van der Waals surface area contributed by atoms with E-state index in [1.807, 2.05) is 6.92 Å². The Morgan fingerprint density at radius 3 is 2.61 bits per heavy atom. The third-order valence-corrected chi connectivity index (χ3v) is 5.06. The molecule has 0 atom stereocenters. The van der Waals surface area contributed by atoms with Gasteiger partial charge in [0.15, 0.2) is 0 Å². The van der Waals surface area contributed by atoms with Crippen LogP contribution in [0.25, 0.3) is 11.0 Å². The van der Waals surface area contributed by atoms with Crippen LogP contribution >= 0.6 is 0 Å². The topological polar surface area (TPSA) is 166 Å². The molecule has 1 aromatic carbocycles. The minimum Gasteiger partial charge on any atom is -0.494 e. The number of ether oxygens (including phenoxy) is 1. The number of nitrogens with two attached hydrogens (primary N) is 1. The van der Waals surface area contributed by atoms with Gasteiger partial charge in [-0.15, -0.1) is 0 Å². The zero-order valence-electron chi connectivity index (χ0n) is 18.7. The maximum atomic E-state index is 13.0. The number of unbranched alkanes of at least 4 members (excludes halogenated alkanes) is 1. The number of benzene rings is 1. The van der Waals surface area contributed by atoms with Crippen molar-refractivity contribution in [3.8, 4) is 5.75 Å². The first kappa shape index (κ1) is 23.6. The van der Waals surface area contributed by atoms with E-state index in [1.54, 1.807) is 28.3 Å². The van der Waals surface area contributed by atoms with Crippen molar-refractivity contribution in [3.05, 3.63) is 35.2 Å². The van der Waals surface area contributed by atoms with Crippen LogP contribution < -0.4 is 21.1 Å². The molecule has 2 heterocycles. The highest BCUT2D eigenvalue weighted by molar-refractivity contribution is 6.04. The predicted octanol–water partition coefficient (Wildman–Crippen LogP) is 1.97. The Hall–Kier alpha value is -4.09. The minimum absolute atomic E-state index is 0.229. The molecule has 0 unspecified atom stereocenters. The van der Waals surface area contributed by atoms with Crippen molar-refractivity contribution in [1.29, 1.82) is 0 Å². The van der Waals surface area contributed by atoms with Gasteiger partial charge in [0, 0.05) is 25.2 Å². The van der Waals surface area contributed by atoms with Crippen molar-refractivity contribution in [3.63, 3.8) is 0 Å². The fraction of sp³-hybridized carbons (Fsp3) is 0.381. The highest BCUT2D eigenvalue weighted by Gasteiger charge is 2.21. The number of amides is 3. The smallest absolute Gasteiger partial charge is 0.404 e. The molecule has 0 aliphatic rings. The molecular weight excluding hydrogens is 430 g/mol. The average molecular weight is 457 g/mol. The molecule has 0 spiro atoms. The fourth-order valence-corrected chi connectivity index (χ4v) is 3.57. The Balaban J connectivity index is 1.99. The Labute approximate surface area is 189 Å². The molecule has 0 radical (unpaired) electrons. The number of carbonyl (C=O) groups excluding carboxylic acids is 2. The normalized spacial score (nSPS) is 10.9. The summed E-state index contributed by atoms with van der Waals surface area (Å²) in [5, 5.41) is 18.2. The Kier molecular flexibility index (Phi) is 7.16. The van der Waals surface area contributed by atoms with E-state index >= 15 is 0 Å². The molecule has 3 amide bonds. The summed E-state index contributed by atoms with van der Waals surface area (Å²) in [7, 11) is 1.47. The van der Waals surface area contributed by atoms with E-state index in [9.17, 15) is 14.4 Å². The highest BCUT2D eigenvalue weighted by atomic mass is 16.5. The maximum absolute atomic E-state index is 13.0. The number of fused-ring (bicyclic) bond motifs is 1. The number of nitrogens with one attached hydrogen (secondary N) is 2. The van der Waals surface area contributed by atoms with Crippen LogP contribution in [-0.2, 0) is 13.1 Å². The number of hydrogen-bond donors (Lipinski definition) is 4. The third kappa shape index (κ3) is 5.22. The number of methoxy groups -OCH3 is 1. The van der Waals surface area contributed by atoms with Crippen LogP contribution in [0.5, 0.6) is 5.75 Å². The molecule has 0 saturated carbocycles. The lowest BCUT2D eigenvalue weighted by molar-refractivity contribution is 0.0995. The van der Waals surface area contributed by atoms with Gasteiger partial charge in [0.25, 0.3) is 5.91 Å². The molecule has 3 aromatic rings. The third-order valence-electron chi connectivity index (χ3n) is 5.06. The number of nitrogens with zero attached hydrogens (tertiary/aromatic N) is 4. The molecule has 0 saturated heterocycles. The summed E-state index contributed by atoms with van der Waals surface area (Å²) in [6.45, 7) is 4.94. The van der Waals surface area contributed by atoms with Gasteiger partial charge in [-0.05, 0) is 44.9 Å². The zero-order valence-corrected chi connectivity index (χ0v) is 18.7. The average Bonchev–Trinajstić information content (AvgIpc) is 3.32. The lowest BCUT2D eigenvalue weighted by Gasteiger charge is -2.12. The number of rotatable bonds is 10. The number of primary amides is 1. The first-order valence-corrected chi connectivity index (χ1v) is 10.5. The molecule has 0 aliphatic heterocycles. The largest absolute Gasteiger partial charge is 0.494 e. The van der Waals surface area contributed by atoms with Gasteiger partial charge in [0.1, 0.15) is 17.0 Å². The number of imidazole rings is 1. The van der Waals surface area contributed by atoms with Crippen molar-refractivity contribution in [2.75, 3.05) is 19.0 Å². The number of anilines is 1. The summed E-state index contributed by atoms with van der Waals surface area (Å²) in [6.07, 6.45) is 0.0870. The predicted molar refractivity (Wildman–Crippen MR) is 121 cm³/mol. The van der Waals surface area contributed by atoms with Gasteiger partial charge in [-0.1, -0.05) is 0 Å². The van der Waals surface area contributed by atoms with Crippen LogP contribution in [0.1, 0.15) is 46.3 Å².